The van der Waals surface area contributed by atoms with Gasteiger partial charge in [0, 0.05) is 56.1 Å². The van der Waals surface area contributed by atoms with Gasteiger partial charge in [0.2, 0.25) is 0 Å². The second-order valence-electron chi connectivity index (χ2n) is 8.05. The zero-order chi connectivity index (χ0) is 19.3. The van der Waals surface area contributed by atoms with Gasteiger partial charge < -0.3 is 15.2 Å². The van der Waals surface area contributed by atoms with E-state index in [-0.39, 0.29) is 5.91 Å². The van der Waals surface area contributed by atoms with E-state index in [1.165, 1.54) is 17.7 Å². The van der Waals surface area contributed by atoms with Gasteiger partial charge in [0.1, 0.15) is 0 Å². The molecule has 1 atom stereocenters. The molecule has 2 aromatic rings. The number of aromatic nitrogens is 4. The number of hydrogen-bond acceptors (Lipinski definition) is 4. The van der Waals surface area contributed by atoms with Gasteiger partial charge >= 0.3 is 0 Å². The molecule has 0 aromatic carbocycles. The number of nitrogens with zero attached hydrogens (tertiary/aromatic N) is 4. The Morgan fingerprint density at radius 1 is 1.32 bits per heavy atom. The molecule has 2 aliphatic rings. The monoisotopic (exact) mass is 384 g/mol. The third-order valence-corrected chi connectivity index (χ3v) is 6.00. The van der Waals surface area contributed by atoms with Crippen LogP contribution in [0.2, 0.25) is 0 Å². The Labute approximate surface area is 166 Å². The number of aryl methyl sites for hydroxylation is 1. The van der Waals surface area contributed by atoms with Crippen LogP contribution in [0.1, 0.15) is 66.5 Å². The molecule has 28 heavy (non-hydrogen) atoms. The first-order chi connectivity index (χ1) is 13.8. The number of likely N-dealkylation sites (tertiary alicyclic amines) is 1. The third-order valence-electron chi connectivity index (χ3n) is 6.00. The Morgan fingerprint density at radius 3 is 2.93 bits per heavy atom. The van der Waals surface area contributed by atoms with Crippen LogP contribution in [0.3, 0.4) is 0 Å². The van der Waals surface area contributed by atoms with Crippen molar-refractivity contribution in [1.82, 2.24) is 30.0 Å². The van der Waals surface area contributed by atoms with Crippen LogP contribution in [0, 0.1) is 0 Å². The van der Waals surface area contributed by atoms with Gasteiger partial charge in [0.05, 0.1) is 12.0 Å². The largest absolute Gasteiger partial charge is 0.351 e. The van der Waals surface area contributed by atoms with E-state index in [1.807, 2.05) is 11.1 Å². The lowest BCUT2D eigenvalue weighted by atomic mass is 9.90. The van der Waals surface area contributed by atoms with Crippen LogP contribution >= 0.6 is 0 Å². The highest BCUT2D eigenvalue weighted by Gasteiger charge is 2.31. The molecule has 152 valence electrons. The maximum Gasteiger partial charge on any atom is 0.274 e. The minimum Gasteiger partial charge on any atom is -0.351 e. The van der Waals surface area contributed by atoms with Crippen molar-refractivity contribution in [2.45, 2.75) is 70.9 Å². The summed E-state index contributed by atoms with van der Waals surface area (Å²) in [6.45, 7) is 5.72. The number of carbonyl (C=O) groups excluding carboxylic acids is 1. The average molecular weight is 385 g/mol. The summed E-state index contributed by atoms with van der Waals surface area (Å²) in [6.07, 6.45) is 12.1. The van der Waals surface area contributed by atoms with Crippen molar-refractivity contribution in [2.24, 2.45) is 0 Å². The van der Waals surface area contributed by atoms with Gasteiger partial charge in [-0.3, -0.25) is 9.48 Å². The number of H-pyrrole nitrogens is 1. The SMILES string of the molecule is CCCn1nc(C(=O)N2CCCCC2)c2c1CCC(NCCc1c[nH]cn1)C2. The van der Waals surface area contributed by atoms with Crippen LogP contribution in [-0.2, 0) is 25.8 Å². The summed E-state index contributed by atoms with van der Waals surface area (Å²) in [5, 5.41) is 8.47. The number of imidazole rings is 1. The normalized spacial score (nSPS) is 19.6. The summed E-state index contributed by atoms with van der Waals surface area (Å²) >= 11 is 0. The molecule has 2 N–H and O–H groups in total. The maximum absolute atomic E-state index is 13.2. The number of carbonyl (C=O) groups is 1. The number of aromatic amines is 1. The average Bonchev–Trinajstić information content (AvgIpc) is 3.37. The second kappa shape index (κ2) is 8.90. The maximum atomic E-state index is 13.2. The van der Waals surface area contributed by atoms with Crippen LogP contribution in [0.25, 0.3) is 0 Å². The quantitative estimate of drug-likeness (QED) is 0.768. The van der Waals surface area contributed by atoms with E-state index in [1.54, 1.807) is 6.33 Å². The van der Waals surface area contributed by atoms with Gasteiger partial charge in [0.15, 0.2) is 5.69 Å². The molecular formula is C21H32N6O. The van der Waals surface area contributed by atoms with Crippen molar-refractivity contribution in [3.63, 3.8) is 0 Å². The molecule has 0 bridgehead atoms. The summed E-state index contributed by atoms with van der Waals surface area (Å²) in [4.78, 5) is 22.5. The van der Waals surface area contributed by atoms with E-state index in [0.717, 1.165) is 76.8 Å². The highest BCUT2D eigenvalue weighted by atomic mass is 16.2. The molecule has 4 rings (SSSR count). The Balaban J connectivity index is 1.47. The molecule has 2 aromatic heterocycles. The van der Waals surface area contributed by atoms with Gasteiger partial charge in [-0.15, -0.1) is 0 Å². The van der Waals surface area contributed by atoms with Gasteiger partial charge in [-0.1, -0.05) is 6.92 Å². The number of piperidine rings is 1. The standard InChI is InChI=1S/C21H32N6O/c1-2-10-27-19-7-6-16(23-9-8-17-14-22-15-24-17)13-18(19)20(25-27)21(28)26-11-4-3-5-12-26/h14-16,23H,2-13H2,1H3,(H,22,24). The molecule has 0 radical (unpaired) electrons. The minimum absolute atomic E-state index is 0.142. The Hall–Kier alpha value is -2.15. The van der Waals surface area contributed by atoms with Gasteiger partial charge in [-0.05, 0) is 44.9 Å². The fourth-order valence-corrected chi connectivity index (χ4v) is 4.51. The number of amides is 1. The molecule has 0 saturated carbocycles. The molecule has 1 unspecified atom stereocenters. The molecule has 1 saturated heterocycles. The molecule has 1 amide bonds. The van der Waals surface area contributed by atoms with Crippen LogP contribution < -0.4 is 5.32 Å². The van der Waals surface area contributed by atoms with Crippen LogP contribution in [-0.4, -0.2) is 56.2 Å². The van der Waals surface area contributed by atoms with Gasteiger partial charge in [0.25, 0.3) is 5.91 Å². The predicted octanol–water partition coefficient (Wildman–Crippen LogP) is 2.33. The van der Waals surface area contributed by atoms with E-state index < -0.39 is 0 Å². The molecular weight excluding hydrogens is 352 g/mol. The fraction of sp³-hybridized carbons (Fsp3) is 0.667. The van der Waals surface area contributed by atoms with Crippen molar-refractivity contribution in [3.8, 4) is 0 Å². The summed E-state index contributed by atoms with van der Waals surface area (Å²) in [6, 6.07) is 0.402. The molecule has 3 heterocycles. The highest BCUT2D eigenvalue weighted by Crippen LogP contribution is 2.27. The highest BCUT2D eigenvalue weighted by molar-refractivity contribution is 5.94. The van der Waals surface area contributed by atoms with Crippen molar-refractivity contribution in [1.29, 1.82) is 0 Å². The summed E-state index contributed by atoms with van der Waals surface area (Å²) in [7, 11) is 0. The lowest BCUT2D eigenvalue weighted by molar-refractivity contribution is 0.0716. The van der Waals surface area contributed by atoms with Crippen molar-refractivity contribution >= 4 is 5.91 Å². The molecule has 7 heteroatoms. The third kappa shape index (κ3) is 4.14. The second-order valence-corrected chi connectivity index (χ2v) is 8.05. The zero-order valence-corrected chi connectivity index (χ0v) is 16.9. The van der Waals surface area contributed by atoms with Crippen LogP contribution in [0.5, 0.6) is 0 Å². The molecule has 1 aliphatic heterocycles. The molecule has 1 fully saturated rings. The number of fused-ring (bicyclic) bond motifs is 1. The van der Waals surface area contributed by atoms with Crippen molar-refractivity contribution in [3.05, 3.63) is 35.2 Å². The number of hydrogen-bond donors (Lipinski definition) is 2. The smallest absolute Gasteiger partial charge is 0.274 e. The Bertz CT molecular complexity index is 775. The summed E-state index contributed by atoms with van der Waals surface area (Å²) < 4.78 is 2.10. The van der Waals surface area contributed by atoms with Crippen LogP contribution in [0.15, 0.2) is 12.5 Å². The minimum atomic E-state index is 0.142. The zero-order valence-electron chi connectivity index (χ0n) is 16.9. The summed E-state index contributed by atoms with van der Waals surface area (Å²) in [5.41, 5.74) is 4.27. The van der Waals surface area contributed by atoms with Gasteiger partial charge in [-0.25, -0.2) is 4.98 Å². The lowest BCUT2D eigenvalue weighted by Crippen LogP contribution is -2.38. The van der Waals surface area contributed by atoms with E-state index in [0.29, 0.717) is 11.7 Å². The van der Waals surface area contributed by atoms with E-state index in [2.05, 4.69) is 26.9 Å². The first-order valence-electron chi connectivity index (χ1n) is 10.8. The molecule has 1 aliphatic carbocycles. The van der Waals surface area contributed by atoms with E-state index >= 15 is 0 Å². The first kappa shape index (κ1) is 19.2. The fourth-order valence-electron chi connectivity index (χ4n) is 4.51. The van der Waals surface area contributed by atoms with Crippen molar-refractivity contribution < 1.29 is 4.79 Å². The van der Waals surface area contributed by atoms with Crippen LogP contribution in [0.4, 0.5) is 0 Å². The Morgan fingerprint density at radius 2 is 2.18 bits per heavy atom. The van der Waals surface area contributed by atoms with Crippen molar-refractivity contribution in [2.75, 3.05) is 19.6 Å². The van der Waals surface area contributed by atoms with E-state index in [4.69, 9.17) is 5.10 Å². The summed E-state index contributed by atoms with van der Waals surface area (Å²) in [5.74, 6) is 0.142. The predicted molar refractivity (Wildman–Crippen MR) is 108 cm³/mol. The topological polar surface area (TPSA) is 78.8 Å². The first-order valence-corrected chi connectivity index (χ1v) is 10.8. The number of nitrogens with one attached hydrogen (secondary N) is 2. The molecule has 0 spiro atoms. The Kier molecular flexibility index (Phi) is 6.10. The molecule has 7 nitrogen and oxygen atoms in total. The van der Waals surface area contributed by atoms with E-state index in [9.17, 15) is 4.79 Å². The van der Waals surface area contributed by atoms with Gasteiger partial charge in [-0.2, -0.15) is 5.10 Å². The number of rotatable bonds is 7. The lowest BCUT2D eigenvalue weighted by Gasteiger charge is -2.27.